The van der Waals surface area contributed by atoms with Gasteiger partial charge in [-0.1, -0.05) is 48.5 Å². The maximum Gasteiger partial charge on any atom is 0.376 e. The van der Waals surface area contributed by atoms with E-state index < -0.39 is 24.3 Å². The second kappa shape index (κ2) is 8.42. The number of amidine groups is 2. The summed E-state index contributed by atoms with van der Waals surface area (Å²) in [6, 6.07) is 26.6. The lowest BCUT2D eigenvalue weighted by Crippen LogP contribution is -2.65. The molecule has 3 aromatic carbocycles. The van der Waals surface area contributed by atoms with Crippen LogP contribution in [0.1, 0.15) is 0 Å². The largest absolute Gasteiger partial charge is 0.463 e. The first-order valence-electron chi connectivity index (χ1n) is 11.3. The summed E-state index contributed by atoms with van der Waals surface area (Å²) in [6.07, 6.45) is -1.16. The van der Waals surface area contributed by atoms with E-state index in [0.717, 1.165) is 11.4 Å². The molecule has 0 aromatic heterocycles. The number of hydrazone groups is 2. The number of rotatable bonds is 4. The zero-order valence-electron chi connectivity index (χ0n) is 19.6. The van der Waals surface area contributed by atoms with Gasteiger partial charge in [-0.25, -0.2) is 19.6 Å². The van der Waals surface area contributed by atoms with Crippen LogP contribution < -0.4 is 19.8 Å². The van der Waals surface area contributed by atoms with E-state index in [4.69, 9.17) is 19.7 Å². The van der Waals surface area contributed by atoms with Crippen molar-refractivity contribution < 1.29 is 19.1 Å². The first-order chi connectivity index (χ1) is 17.6. The number of benzene rings is 3. The van der Waals surface area contributed by atoms with Gasteiger partial charge in [0, 0.05) is 0 Å². The van der Waals surface area contributed by atoms with Gasteiger partial charge in [0.1, 0.15) is 0 Å². The van der Waals surface area contributed by atoms with E-state index in [1.165, 1.54) is 14.2 Å². The predicted molar refractivity (Wildman–Crippen MR) is 136 cm³/mol. The fourth-order valence-electron chi connectivity index (χ4n) is 4.84. The maximum absolute atomic E-state index is 13.0. The normalized spacial score (nSPS) is 19.7. The number of esters is 2. The van der Waals surface area contributed by atoms with Crippen LogP contribution >= 0.6 is 0 Å². The number of hydrogen-bond acceptors (Lipinski definition) is 10. The molecule has 0 amide bonds. The third kappa shape index (κ3) is 3.11. The van der Waals surface area contributed by atoms with Gasteiger partial charge in [0.2, 0.25) is 11.7 Å². The molecule has 0 bridgehead atoms. The molecule has 6 rings (SSSR count). The van der Waals surface area contributed by atoms with E-state index in [1.54, 1.807) is 10.0 Å². The molecule has 0 spiro atoms. The van der Waals surface area contributed by atoms with Gasteiger partial charge in [-0.2, -0.15) is 0 Å². The van der Waals surface area contributed by atoms with E-state index in [-0.39, 0.29) is 11.7 Å². The molecule has 3 aliphatic rings. The average Bonchev–Trinajstić information content (AvgIpc) is 3.53. The molecule has 0 radical (unpaired) electrons. The van der Waals surface area contributed by atoms with Crippen molar-refractivity contribution in [1.82, 2.24) is 0 Å². The van der Waals surface area contributed by atoms with Crippen LogP contribution in [0.5, 0.6) is 0 Å². The van der Waals surface area contributed by atoms with Gasteiger partial charge < -0.3 is 9.47 Å². The van der Waals surface area contributed by atoms with Gasteiger partial charge in [0.05, 0.1) is 37.0 Å². The van der Waals surface area contributed by atoms with Crippen LogP contribution in [-0.4, -0.2) is 50.2 Å². The Morgan fingerprint density at radius 1 is 0.611 bits per heavy atom. The van der Waals surface area contributed by atoms with E-state index >= 15 is 0 Å². The molecule has 3 aromatic rings. The molecule has 2 unspecified atom stereocenters. The van der Waals surface area contributed by atoms with Crippen molar-refractivity contribution in [2.75, 3.05) is 34.0 Å². The lowest BCUT2D eigenvalue weighted by atomic mass is 10.1. The summed E-state index contributed by atoms with van der Waals surface area (Å²) in [6.45, 7) is 0. The fraction of sp³-hybridized carbons (Fsp3) is 0.154. The standard InChI is InChI=1S/C26H22N6O4/c1-35-25(33)21-27-31(17-11-5-3-6-12-17)23-24-30(20-16-10-9-15-19(20)29(21)23)22(26(34)36-2)28-32(24)18-13-7-4-8-14-18/h3-16,23-24H,1-2H3. The summed E-state index contributed by atoms with van der Waals surface area (Å²) in [5, 5.41) is 13.0. The molecule has 0 N–H and O–H groups in total. The topological polar surface area (TPSA) is 90.3 Å². The Kier molecular flexibility index (Phi) is 5.06. The minimum absolute atomic E-state index is 0.137. The summed E-state index contributed by atoms with van der Waals surface area (Å²) in [7, 11) is 2.66. The zero-order valence-corrected chi connectivity index (χ0v) is 19.6. The number of anilines is 4. The molecule has 180 valence electrons. The van der Waals surface area contributed by atoms with Crippen LogP contribution in [0.15, 0.2) is 95.1 Å². The molecular weight excluding hydrogens is 460 g/mol. The third-order valence-electron chi connectivity index (χ3n) is 6.34. The SMILES string of the molecule is COC(=O)C1=NN(c2ccccc2)C2C3N(c4ccccc4)N=C(C(=O)OC)N3c3ccccc3N12. The first-order valence-corrected chi connectivity index (χ1v) is 11.3. The van der Waals surface area contributed by atoms with Crippen molar-refractivity contribution >= 4 is 46.4 Å². The van der Waals surface area contributed by atoms with Crippen molar-refractivity contribution in [3.63, 3.8) is 0 Å². The Morgan fingerprint density at radius 2 is 0.972 bits per heavy atom. The van der Waals surface area contributed by atoms with Crippen molar-refractivity contribution in [3.8, 4) is 0 Å². The minimum Gasteiger partial charge on any atom is -0.463 e. The quantitative estimate of drug-likeness (QED) is 0.525. The Balaban J connectivity index is 1.61. The molecule has 10 nitrogen and oxygen atoms in total. The summed E-state index contributed by atoms with van der Waals surface area (Å²) in [4.78, 5) is 29.6. The van der Waals surface area contributed by atoms with E-state index in [0.29, 0.717) is 11.4 Å². The monoisotopic (exact) mass is 482 g/mol. The summed E-state index contributed by atoms with van der Waals surface area (Å²) in [5.74, 6) is -0.865. The van der Waals surface area contributed by atoms with E-state index in [9.17, 15) is 9.59 Å². The lowest BCUT2D eigenvalue weighted by Gasteiger charge is -2.46. The molecule has 36 heavy (non-hydrogen) atoms. The van der Waals surface area contributed by atoms with Crippen molar-refractivity contribution in [3.05, 3.63) is 84.9 Å². The fourth-order valence-corrected chi connectivity index (χ4v) is 4.84. The molecule has 10 heteroatoms. The lowest BCUT2D eigenvalue weighted by molar-refractivity contribution is -0.133. The number of hydrogen-bond donors (Lipinski definition) is 0. The van der Waals surface area contributed by atoms with Crippen LogP contribution in [0.4, 0.5) is 22.7 Å². The van der Waals surface area contributed by atoms with Crippen LogP contribution in [0.3, 0.4) is 0 Å². The second-order valence-electron chi connectivity index (χ2n) is 8.25. The minimum atomic E-state index is -0.581. The van der Waals surface area contributed by atoms with Gasteiger partial charge in [-0.3, -0.25) is 9.80 Å². The number of carbonyl (C=O) groups is 2. The highest BCUT2D eigenvalue weighted by molar-refractivity contribution is 6.45. The van der Waals surface area contributed by atoms with Crippen LogP contribution in [-0.2, 0) is 19.1 Å². The zero-order chi connectivity index (χ0) is 24.8. The predicted octanol–water partition coefficient (Wildman–Crippen LogP) is 2.98. The number of para-hydroxylation sites is 4. The highest BCUT2D eigenvalue weighted by atomic mass is 16.5. The van der Waals surface area contributed by atoms with Gasteiger partial charge in [0.25, 0.3) is 0 Å². The summed E-state index contributed by atoms with van der Waals surface area (Å²) in [5.41, 5.74) is 2.91. The smallest absolute Gasteiger partial charge is 0.376 e. The van der Waals surface area contributed by atoms with Gasteiger partial charge in [-0.05, 0) is 36.4 Å². The van der Waals surface area contributed by atoms with Gasteiger partial charge in [-0.15, -0.1) is 10.2 Å². The highest BCUT2D eigenvalue weighted by Gasteiger charge is 2.57. The first kappa shape index (κ1) is 21.7. The molecule has 3 heterocycles. The Morgan fingerprint density at radius 3 is 1.33 bits per heavy atom. The molecule has 2 atom stereocenters. The van der Waals surface area contributed by atoms with Crippen LogP contribution in [0.2, 0.25) is 0 Å². The molecule has 3 aliphatic heterocycles. The Bertz CT molecular complexity index is 1290. The van der Waals surface area contributed by atoms with Gasteiger partial charge in [0.15, 0.2) is 12.3 Å². The van der Waals surface area contributed by atoms with Crippen molar-refractivity contribution in [1.29, 1.82) is 0 Å². The van der Waals surface area contributed by atoms with Crippen molar-refractivity contribution in [2.24, 2.45) is 10.2 Å². The number of carbonyl (C=O) groups excluding carboxylic acids is 2. The molecule has 0 saturated heterocycles. The third-order valence-corrected chi connectivity index (χ3v) is 6.34. The number of fused-ring (bicyclic) bond motifs is 6. The second-order valence-corrected chi connectivity index (χ2v) is 8.25. The van der Waals surface area contributed by atoms with E-state index in [2.05, 4.69) is 0 Å². The maximum atomic E-state index is 13.0. The van der Waals surface area contributed by atoms with Crippen molar-refractivity contribution in [2.45, 2.75) is 12.3 Å². The summed E-state index contributed by atoms with van der Waals surface area (Å²) >= 11 is 0. The molecule has 0 saturated carbocycles. The van der Waals surface area contributed by atoms with Crippen LogP contribution in [0.25, 0.3) is 0 Å². The van der Waals surface area contributed by atoms with E-state index in [1.807, 2.05) is 94.7 Å². The molecule has 0 aliphatic carbocycles. The number of ether oxygens (including phenoxy) is 2. The average molecular weight is 483 g/mol. The molecule has 0 fully saturated rings. The molecular formula is C26H22N6O4. The highest BCUT2D eigenvalue weighted by Crippen LogP contribution is 2.47. The Labute approximate surface area is 207 Å². The van der Waals surface area contributed by atoms with Gasteiger partial charge >= 0.3 is 11.9 Å². The summed E-state index contributed by atoms with van der Waals surface area (Å²) < 4.78 is 10.2. The Hall–Kier alpha value is -4.86. The number of nitrogens with zero attached hydrogens (tertiary/aromatic N) is 6. The number of methoxy groups -OCH3 is 2. The van der Waals surface area contributed by atoms with Crippen LogP contribution in [0, 0.1) is 0 Å².